The van der Waals surface area contributed by atoms with Crippen molar-refractivity contribution in [3.05, 3.63) is 65.2 Å². The first-order chi connectivity index (χ1) is 15.3. The maximum absolute atomic E-state index is 13.9. The predicted molar refractivity (Wildman–Crippen MR) is 125 cm³/mol. The van der Waals surface area contributed by atoms with Crippen molar-refractivity contribution in [2.45, 2.75) is 58.8 Å². The molecule has 4 atom stereocenters. The number of hydrogen-bond acceptors (Lipinski definition) is 3. The molecule has 4 heteroatoms. The fourth-order valence-electron chi connectivity index (χ4n) is 6.55. The first kappa shape index (κ1) is 21.6. The zero-order valence-corrected chi connectivity index (χ0v) is 19.4. The van der Waals surface area contributed by atoms with Gasteiger partial charge in [-0.25, -0.2) is 4.39 Å². The van der Waals surface area contributed by atoms with Crippen molar-refractivity contribution in [3.8, 4) is 5.75 Å². The van der Waals surface area contributed by atoms with Crippen LogP contribution >= 0.6 is 0 Å². The van der Waals surface area contributed by atoms with Crippen LogP contribution in [0, 0.1) is 28.5 Å². The summed E-state index contributed by atoms with van der Waals surface area (Å²) in [7, 11) is 0. The molecule has 5 rings (SSSR count). The van der Waals surface area contributed by atoms with Gasteiger partial charge >= 0.3 is 0 Å². The second-order valence-corrected chi connectivity index (χ2v) is 11.1. The van der Waals surface area contributed by atoms with Crippen molar-refractivity contribution in [1.29, 1.82) is 0 Å². The number of ether oxygens (including phenoxy) is 1. The minimum absolute atomic E-state index is 0.104. The van der Waals surface area contributed by atoms with Crippen LogP contribution in [0.25, 0.3) is 5.57 Å². The molecule has 0 bridgehead atoms. The average Bonchev–Trinajstić information content (AvgIpc) is 3.14. The molecule has 3 aliphatic rings. The van der Waals surface area contributed by atoms with Crippen LogP contribution in [0.3, 0.4) is 0 Å². The molecule has 0 saturated heterocycles. The van der Waals surface area contributed by atoms with Crippen LogP contribution in [0.2, 0.25) is 0 Å². The number of aromatic nitrogens is 1. The van der Waals surface area contributed by atoms with E-state index in [1.54, 1.807) is 6.07 Å². The van der Waals surface area contributed by atoms with E-state index in [0.29, 0.717) is 24.4 Å². The fraction of sp³-hybridized carbons (Fsp3) is 0.536. The van der Waals surface area contributed by atoms with E-state index < -0.39 is 0 Å². The Labute approximate surface area is 190 Å². The van der Waals surface area contributed by atoms with E-state index in [1.165, 1.54) is 35.7 Å². The van der Waals surface area contributed by atoms with Gasteiger partial charge in [-0.3, -0.25) is 4.98 Å². The molecule has 1 saturated carbocycles. The highest BCUT2D eigenvalue weighted by molar-refractivity contribution is 5.72. The van der Waals surface area contributed by atoms with Gasteiger partial charge in [0.05, 0.1) is 19.4 Å². The van der Waals surface area contributed by atoms with Gasteiger partial charge in [-0.05, 0) is 95.7 Å². The highest BCUT2D eigenvalue weighted by atomic mass is 19.1. The maximum atomic E-state index is 13.9. The molecule has 1 aromatic heterocycles. The Hall–Kier alpha value is -2.20. The van der Waals surface area contributed by atoms with Crippen molar-refractivity contribution in [2.24, 2.45) is 22.7 Å². The molecular weight excluding hydrogens is 401 g/mol. The predicted octanol–water partition coefficient (Wildman–Crippen LogP) is 6.17. The van der Waals surface area contributed by atoms with Crippen molar-refractivity contribution in [1.82, 2.24) is 4.98 Å². The molecule has 0 spiro atoms. The van der Waals surface area contributed by atoms with E-state index in [1.807, 2.05) is 20.0 Å². The topological polar surface area (TPSA) is 42.4 Å². The largest absolute Gasteiger partial charge is 0.493 e. The molecule has 1 fully saturated rings. The zero-order valence-electron chi connectivity index (χ0n) is 19.4. The molecule has 3 unspecified atom stereocenters. The van der Waals surface area contributed by atoms with Gasteiger partial charge in [0.25, 0.3) is 0 Å². The van der Waals surface area contributed by atoms with Gasteiger partial charge in [0.15, 0.2) is 0 Å². The van der Waals surface area contributed by atoms with Crippen LogP contribution in [0.1, 0.15) is 69.1 Å². The lowest BCUT2D eigenvalue weighted by Crippen LogP contribution is -2.40. The third kappa shape index (κ3) is 3.67. The van der Waals surface area contributed by atoms with Gasteiger partial charge in [-0.1, -0.05) is 32.9 Å². The Bertz CT molecular complexity index is 1050. The molecule has 0 amide bonds. The number of halogens is 1. The van der Waals surface area contributed by atoms with Gasteiger partial charge in [-0.15, -0.1) is 0 Å². The summed E-state index contributed by atoms with van der Waals surface area (Å²) in [5.74, 6) is 2.52. The number of hydrogen-bond donors (Lipinski definition) is 1. The molecule has 2 aromatic rings. The Morgan fingerprint density at radius 1 is 1.22 bits per heavy atom. The lowest BCUT2D eigenvalue weighted by Gasteiger charge is -2.50. The second kappa shape index (κ2) is 7.98. The van der Waals surface area contributed by atoms with Crippen LogP contribution in [0.5, 0.6) is 5.75 Å². The SMILES string of the molecule is CC(C)(CO)COc1ccc2c(c1)CCC1C2CC[C@]2(C)C(c3cncc(F)c3)=CCC12. The summed E-state index contributed by atoms with van der Waals surface area (Å²) in [6.07, 6.45) is 11.1. The normalized spacial score (nSPS) is 29.0. The number of fused-ring (bicyclic) bond motifs is 5. The first-order valence-corrected chi connectivity index (χ1v) is 12.0. The highest BCUT2D eigenvalue weighted by Gasteiger charge is 2.52. The van der Waals surface area contributed by atoms with E-state index in [0.717, 1.165) is 30.6 Å². The van der Waals surface area contributed by atoms with Crippen molar-refractivity contribution >= 4 is 5.57 Å². The summed E-state index contributed by atoms with van der Waals surface area (Å²) in [6.45, 7) is 7.05. The summed E-state index contributed by atoms with van der Waals surface area (Å²) in [4.78, 5) is 4.11. The third-order valence-electron chi connectivity index (χ3n) is 8.35. The summed E-state index contributed by atoms with van der Waals surface area (Å²) in [6, 6.07) is 8.27. The number of benzene rings is 1. The van der Waals surface area contributed by atoms with Crippen LogP contribution in [0.4, 0.5) is 4.39 Å². The minimum atomic E-state index is -0.254. The van der Waals surface area contributed by atoms with Gasteiger partial charge < -0.3 is 9.84 Å². The number of aliphatic hydroxyl groups excluding tert-OH is 1. The first-order valence-electron chi connectivity index (χ1n) is 12.0. The van der Waals surface area contributed by atoms with Crippen molar-refractivity contribution in [3.63, 3.8) is 0 Å². The molecule has 32 heavy (non-hydrogen) atoms. The Kier molecular flexibility index (Phi) is 5.40. The van der Waals surface area contributed by atoms with Crippen LogP contribution in [-0.2, 0) is 6.42 Å². The quantitative estimate of drug-likeness (QED) is 0.611. The maximum Gasteiger partial charge on any atom is 0.142 e. The monoisotopic (exact) mass is 435 g/mol. The van der Waals surface area contributed by atoms with Gasteiger partial charge in [-0.2, -0.15) is 0 Å². The molecular formula is C28H34FNO2. The Balaban J connectivity index is 1.36. The summed E-state index contributed by atoms with van der Waals surface area (Å²) in [5.41, 5.74) is 5.05. The molecule has 3 aliphatic carbocycles. The molecule has 1 heterocycles. The van der Waals surface area contributed by atoms with E-state index in [-0.39, 0.29) is 23.3 Å². The fourth-order valence-corrected chi connectivity index (χ4v) is 6.55. The van der Waals surface area contributed by atoms with Gasteiger partial charge in [0.1, 0.15) is 11.6 Å². The van der Waals surface area contributed by atoms with Crippen LogP contribution < -0.4 is 4.74 Å². The minimum Gasteiger partial charge on any atom is -0.493 e. The summed E-state index contributed by atoms with van der Waals surface area (Å²) < 4.78 is 19.9. The van der Waals surface area contributed by atoms with E-state index >= 15 is 0 Å². The van der Waals surface area contributed by atoms with E-state index in [2.05, 4.69) is 36.2 Å². The molecule has 1 N–H and O–H groups in total. The number of nitrogens with zero attached hydrogens (tertiary/aromatic N) is 1. The summed E-state index contributed by atoms with van der Waals surface area (Å²) >= 11 is 0. The molecule has 1 aromatic carbocycles. The number of pyridine rings is 1. The molecule has 3 nitrogen and oxygen atoms in total. The van der Waals surface area contributed by atoms with Crippen molar-refractivity contribution in [2.75, 3.05) is 13.2 Å². The number of aliphatic hydroxyl groups is 1. The molecule has 0 radical (unpaired) electrons. The van der Waals surface area contributed by atoms with E-state index in [9.17, 15) is 9.50 Å². The van der Waals surface area contributed by atoms with Gasteiger partial charge in [0, 0.05) is 11.6 Å². The van der Waals surface area contributed by atoms with E-state index in [4.69, 9.17) is 4.74 Å². The zero-order chi connectivity index (χ0) is 22.5. The number of allylic oxidation sites excluding steroid dienone is 2. The Morgan fingerprint density at radius 3 is 2.84 bits per heavy atom. The lowest BCUT2D eigenvalue weighted by molar-refractivity contribution is 0.0878. The number of rotatable bonds is 5. The second-order valence-electron chi connectivity index (χ2n) is 11.1. The smallest absolute Gasteiger partial charge is 0.142 e. The number of aryl methyl sites for hydroxylation is 1. The van der Waals surface area contributed by atoms with Gasteiger partial charge in [0.2, 0.25) is 0 Å². The lowest BCUT2D eigenvalue weighted by atomic mass is 9.54. The average molecular weight is 436 g/mol. The standard InChI is InChI=1S/C28H34FNO2/c1-27(2,16-31)17-32-21-5-7-22-18(13-21)4-6-24-23(22)10-11-28(3)25(8-9-26(24)28)19-12-20(29)15-30-14-19/h5,7-8,12-15,23-24,26,31H,4,6,9-11,16-17H2,1-3H3/t23?,24?,26?,28-/m1/s1. The third-order valence-corrected chi connectivity index (χ3v) is 8.35. The van der Waals surface area contributed by atoms with Crippen LogP contribution in [-0.4, -0.2) is 23.3 Å². The van der Waals surface area contributed by atoms with Crippen LogP contribution in [0.15, 0.2) is 42.7 Å². The highest BCUT2D eigenvalue weighted by Crippen LogP contribution is 2.63. The molecule has 170 valence electrons. The summed E-state index contributed by atoms with van der Waals surface area (Å²) in [5, 5.41) is 9.49. The Morgan fingerprint density at radius 2 is 2.06 bits per heavy atom. The molecule has 0 aliphatic heterocycles. The van der Waals surface area contributed by atoms with Crippen molar-refractivity contribution < 1.29 is 14.2 Å².